The highest BCUT2D eigenvalue weighted by Crippen LogP contribution is 2.31. The van der Waals surface area contributed by atoms with Gasteiger partial charge in [0.2, 0.25) is 0 Å². The number of ether oxygens (including phenoxy) is 1. The summed E-state index contributed by atoms with van der Waals surface area (Å²) in [5.74, 6) is -2.93. The fourth-order valence-electron chi connectivity index (χ4n) is 2.62. The molecule has 1 heterocycles. The van der Waals surface area contributed by atoms with Gasteiger partial charge in [-0.25, -0.2) is 13.2 Å². The predicted molar refractivity (Wildman–Crippen MR) is 78.8 cm³/mol. The summed E-state index contributed by atoms with van der Waals surface area (Å²) in [5.41, 5.74) is 0.0512. The maximum absolute atomic E-state index is 13.6. The van der Waals surface area contributed by atoms with Crippen molar-refractivity contribution < 1.29 is 27.8 Å². The van der Waals surface area contributed by atoms with E-state index in [9.17, 15) is 23.1 Å². The average molecular weight is 337 g/mol. The van der Waals surface area contributed by atoms with Crippen molar-refractivity contribution in [1.82, 2.24) is 5.32 Å². The van der Waals surface area contributed by atoms with Gasteiger partial charge in [0, 0.05) is 18.5 Å². The largest absolute Gasteiger partial charge is 0.477 e. The van der Waals surface area contributed by atoms with Crippen LogP contribution < -0.4 is 10.1 Å². The van der Waals surface area contributed by atoms with Gasteiger partial charge in [-0.2, -0.15) is 0 Å². The number of halogens is 3. The van der Waals surface area contributed by atoms with Gasteiger partial charge in [0.05, 0.1) is 5.56 Å². The summed E-state index contributed by atoms with van der Waals surface area (Å²) in [6.07, 6.45) is -2.31. The number of hydrogen-bond acceptors (Lipinski definition) is 3. The Balaban J connectivity index is 1.62. The second kappa shape index (κ2) is 6.52. The molecule has 0 saturated heterocycles. The summed E-state index contributed by atoms with van der Waals surface area (Å²) in [6.45, 7) is -0.393. The Morgan fingerprint density at radius 2 is 1.79 bits per heavy atom. The second-order valence-electron chi connectivity index (χ2n) is 5.43. The molecule has 0 radical (unpaired) electrons. The summed E-state index contributed by atoms with van der Waals surface area (Å²) >= 11 is 0. The van der Waals surface area contributed by atoms with Gasteiger partial charge in [-0.15, -0.1) is 0 Å². The van der Waals surface area contributed by atoms with Crippen LogP contribution in [0.2, 0.25) is 0 Å². The van der Waals surface area contributed by atoms with Crippen molar-refractivity contribution in [3.63, 3.8) is 0 Å². The first-order valence-electron chi connectivity index (χ1n) is 7.31. The Kier molecular flexibility index (Phi) is 4.44. The molecule has 3 rings (SSSR count). The Bertz CT molecular complexity index is 761. The molecule has 2 aromatic carbocycles. The van der Waals surface area contributed by atoms with Crippen molar-refractivity contribution in [3.05, 3.63) is 65.0 Å². The van der Waals surface area contributed by atoms with E-state index in [0.717, 1.165) is 12.1 Å². The Morgan fingerprint density at radius 1 is 1.17 bits per heavy atom. The van der Waals surface area contributed by atoms with E-state index in [1.807, 2.05) is 0 Å². The van der Waals surface area contributed by atoms with E-state index in [4.69, 9.17) is 4.74 Å². The van der Waals surface area contributed by atoms with E-state index in [0.29, 0.717) is 5.56 Å². The third-order valence-corrected chi connectivity index (χ3v) is 3.81. The molecule has 126 valence electrons. The fraction of sp³-hybridized carbons (Fsp3) is 0.235. The Hall–Kier alpha value is -2.54. The van der Waals surface area contributed by atoms with Crippen molar-refractivity contribution >= 4 is 5.91 Å². The van der Waals surface area contributed by atoms with Crippen LogP contribution in [0.1, 0.15) is 17.2 Å². The van der Waals surface area contributed by atoms with E-state index < -0.39 is 47.7 Å². The molecule has 1 aliphatic heterocycles. The van der Waals surface area contributed by atoms with Gasteiger partial charge in [-0.05, 0) is 18.2 Å². The van der Waals surface area contributed by atoms with Crippen LogP contribution in [0.5, 0.6) is 5.75 Å². The molecule has 1 amide bonds. The summed E-state index contributed by atoms with van der Waals surface area (Å²) < 4.78 is 46.0. The molecule has 1 aliphatic rings. The molecular weight excluding hydrogens is 323 g/mol. The molecule has 0 aromatic heterocycles. The Labute approximate surface area is 135 Å². The summed E-state index contributed by atoms with van der Waals surface area (Å²) in [6, 6.07) is 7.60. The highest BCUT2D eigenvalue weighted by Gasteiger charge is 2.31. The van der Waals surface area contributed by atoms with Gasteiger partial charge in [-0.3, -0.25) is 4.79 Å². The van der Waals surface area contributed by atoms with Crippen molar-refractivity contribution in [2.45, 2.75) is 18.6 Å². The van der Waals surface area contributed by atoms with Crippen LogP contribution >= 0.6 is 0 Å². The summed E-state index contributed by atoms with van der Waals surface area (Å²) in [4.78, 5) is 12.1. The number of aliphatic hydroxyl groups excluding tert-OH is 1. The number of fused-ring (bicyclic) bond motifs is 1. The van der Waals surface area contributed by atoms with Gasteiger partial charge in [0.25, 0.3) is 5.91 Å². The van der Waals surface area contributed by atoms with Crippen molar-refractivity contribution in [2.24, 2.45) is 0 Å². The lowest BCUT2D eigenvalue weighted by molar-refractivity contribution is -0.127. The predicted octanol–water partition coefficient (Wildman–Crippen LogP) is 2.26. The number of hydrogen-bond donors (Lipinski definition) is 2. The zero-order valence-electron chi connectivity index (χ0n) is 12.4. The molecule has 4 nitrogen and oxygen atoms in total. The van der Waals surface area contributed by atoms with Crippen LogP contribution in [0, 0.1) is 17.5 Å². The smallest absolute Gasteiger partial charge is 0.261 e. The standard InChI is InChI=1S/C17H14F3NO3/c18-10-4-2-5-11(19)15(10)13(22)8-21-17(23)14-7-9-3-1-6-12(20)16(9)24-14/h1-6,13-14,22H,7-8H2,(H,21,23)/t13-,14+/m0/s1. The van der Waals surface area contributed by atoms with Crippen molar-refractivity contribution in [3.8, 4) is 5.75 Å². The minimum atomic E-state index is -1.55. The molecular formula is C17H14F3NO3. The lowest BCUT2D eigenvalue weighted by Crippen LogP contribution is -2.39. The number of nitrogens with one attached hydrogen (secondary N) is 1. The first kappa shape index (κ1) is 16.3. The zero-order chi connectivity index (χ0) is 17.3. The van der Waals surface area contributed by atoms with Gasteiger partial charge < -0.3 is 15.2 Å². The molecule has 0 unspecified atom stereocenters. The lowest BCUT2D eigenvalue weighted by atomic mass is 10.1. The van der Waals surface area contributed by atoms with Gasteiger partial charge >= 0.3 is 0 Å². The van der Waals surface area contributed by atoms with Gasteiger partial charge in [0.15, 0.2) is 17.7 Å². The van der Waals surface area contributed by atoms with Crippen LogP contribution in [0.25, 0.3) is 0 Å². The quantitative estimate of drug-likeness (QED) is 0.900. The monoisotopic (exact) mass is 337 g/mol. The first-order valence-corrected chi connectivity index (χ1v) is 7.31. The maximum atomic E-state index is 13.6. The number of para-hydroxylation sites is 1. The fourth-order valence-corrected chi connectivity index (χ4v) is 2.62. The highest BCUT2D eigenvalue weighted by molar-refractivity contribution is 5.82. The normalized spacial score (nSPS) is 17.1. The molecule has 0 aliphatic carbocycles. The maximum Gasteiger partial charge on any atom is 0.261 e. The van der Waals surface area contributed by atoms with Gasteiger partial charge in [-0.1, -0.05) is 18.2 Å². The van der Waals surface area contributed by atoms with Crippen LogP contribution in [-0.2, 0) is 11.2 Å². The molecule has 0 spiro atoms. The van der Waals surface area contributed by atoms with E-state index >= 15 is 0 Å². The van der Waals surface area contributed by atoms with Crippen molar-refractivity contribution in [1.29, 1.82) is 0 Å². The van der Waals surface area contributed by atoms with E-state index in [-0.39, 0.29) is 12.2 Å². The number of aliphatic hydroxyl groups is 1. The second-order valence-corrected chi connectivity index (χ2v) is 5.43. The minimum absolute atomic E-state index is 0.0262. The van der Waals surface area contributed by atoms with Crippen LogP contribution in [0.4, 0.5) is 13.2 Å². The van der Waals surface area contributed by atoms with Crippen molar-refractivity contribution in [2.75, 3.05) is 6.54 Å². The molecule has 0 saturated carbocycles. The zero-order valence-corrected chi connectivity index (χ0v) is 12.4. The molecule has 0 fully saturated rings. The van der Waals surface area contributed by atoms with E-state index in [1.54, 1.807) is 6.07 Å². The third kappa shape index (κ3) is 3.07. The topological polar surface area (TPSA) is 58.6 Å². The Morgan fingerprint density at radius 3 is 2.46 bits per heavy atom. The number of carbonyl (C=O) groups is 1. The summed E-state index contributed by atoms with van der Waals surface area (Å²) in [5, 5.41) is 12.3. The van der Waals surface area contributed by atoms with E-state index in [1.165, 1.54) is 18.2 Å². The molecule has 0 bridgehead atoms. The molecule has 2 aromatic rings. The first-order chi connectivity index (χ1) is 11.5. The minimum Gasteiger partial charge on any atom is -0.477 e. The highest BCUT2D eigenvalue weighted by atomic mass is 19.1. The van der Waals surface area contributed by atoms with Crippen LogP contribution in [0.15, 0.2) is 36.4 Å². The molecule has 7 heteroatoms. The number of benzene rings is 2. The van der Waals surface area contributed by atoms with Gasteiger partial charge in [0.1, 0.15) is 17.7 Å². The SMILES string of the molecule is O=C(NC[C@H](O)c1c(F)cccc1F)[C@H]1Cc2cccc(F)c2O1. The molecule has 2 atom stereocenters. The molecule has 24 heavy (non-hydrogen) atoms. The van der Waals surface area contributed by atoms with Crippen LogP contribution in [0.3, 0.4) is 0 Å². The average Bonchev–Trinajstić information content (AvgIpc) is 2.98. The summed E-state index contributed by atoms with van der Waals surface area (Å²) in [7, 11) is 0. The third-order valence-electron chi connectivity index (χ3n) is 3.81. The van der Waals surface area contributed by atoms with Crippen LogP contribution in [-0.4, -0.2) is 23.7 Å². The van der Waals surface area contributed by atoms with E-state index in [2.05, 4.69) is 5.32 Å². The number of amides is 1. The number of carbonyl (C=O) groups excluding carboxylic acids is 1. The molecule has 2 N–H and O–H groups in total. The number of rotatable bonds is 4. The lowest BCUT2D eigenvalue weighted by Gasteiger charge is -2.16.